The van der Waals surface area contributed by atoms with E-state index in [0.717, 1.165) is 11.9 Å². The molecule has 0 radical (unpaired) electrons. The zero-order chi connectivity index (χ0) is 15.6. The van der Waals surface area contributed by atoms with Crippen LogP contribution in [-0.2, 0) is 9.56 Å². The van der Waals surface area contributed by atoms with Crippen molar-refractivity contribution in [1.82, 2.24) is 0 Å². The molecule has 0 saturated carbocycles. The van der Waals surface area contributed by atoms with E-state index in [1.165, 1.54) is 40.2 Å². The summed E-state index contributed by atoms with van der Waals surface area (Å²) < 4.78 is 11.1. The molecule has 2 unspecified atom stereocenters. The highest BCUT2D eigenvalue weighted by atomic mass is 79.9. The second kappa shape index (κ2) is 11.3. The number of halogens is 2. The van der Waals surface area contributed by atoms with Crippen LogP contribution in [0.2, 0.25) is 0 Å². The minimum Gasteiger partial charge on any atom is -0.445 e. The van der Waals surface area contributed by atoms with Crippen molar-refractivity contribution in [3.05, 3.63) is 30.3 Å². The third-order valence-corrected chi connectivity index (χ3v) is 7.68. The number of rotatable bonds is 3. The van der Waals surface area contributed by atoms with Crippen molar-refractivity contribution in [2.45, 2.75) is 23.0 Å². The number of alkyl halides is 2. The largest absolute Gasteiger partial charge is 0.445 e. The first kappa shape index (κ1) is 19.1. The van der Waals surface area contributed by atoms with Gasteiger partial charge in [0.25, 0.3) is 8.38 Å². The maximum absolute atomic E-state index is 5.71. The molecule has 1 aromatic rings. The first-order valence-corrected chi connectivity index (χ1v) is 12.2. The van der Waals surface area contributed by atoms with Crippen molar-refractivity contribution < 1.29 is 14.1 Å². The fourth-order valence-corrected chi connectivity index (χ4v) is 5.96. The van der Waals surface area contributed by atoms with E-state index in [9.17, 15) is 0 Å². The van der Waals surface area contributed by atoms with E-state index in [1.807, 2.05) is 30.3 Å². The molecule has 2 aliphatic rings. The van der Waals surface area contributed by atoms with Crippen LogP contribution >= 0.6 is 48.8 Å². The number of benzene rings is 1. The summed E-state index contributed by atoms with van der Waals surface area (Å²) in [5, 5.41) is 0. The number of hydrogen-bond acceptors (Lipinski definition) is 3. The lowest BCUT2D eigenvalue weighted by Crippen LogP contribution is -2.25. The van der Waals surface area contributed by atoms with Crippen LogP contribution in [-0.4, -0.2) is 28.8 Å². The standard InChI is InChI=1S/C10H11Br2O3P.C5H11P/c11-10(12)8-6-13-15-16(7-8)14-9-4-2-1-3-5-9;1-2-4-6-5-3-1/h1-5,8,10H,6-7H2;6H,1-5H2. The molecule has 2 heterocycles. The third-order valence-electron chi connectivity index (χ3n) is 3.32. The Balaban J connectivity index is 0.000000246. The lowest BCUT2D eigenvalue weighted by atomic mass is 10.2. The Labute approximate surface area is 152 Å². The zero-order valence-electron chi connectivity index (χ0n) is 12.4. The van der Waals surface area contributed by atoms with Crippen LogP contribution in [0.25, 0.3) is 0 Å². The van der Waals surface area contributed by atoms with Gasteiger partial charge in [0.1, 0.15) is 5.75 Å². The molecular formula is C15H22Br2O3P2. The van der Waals surface area contributed by atoms with E-state index in [4.69, 9.17) is 14.1 Å². The molecule has 0 N–H and O–H groups in total. The lowest BCUT2D eigenvalue weighted by molar-refractivity contribution is -0.222. The monoisotopic (exact) mass is 470 g/mol. The lowest BCUT2D eigenvalue weighted by Gasteiger charge is -2.27. The third kappa shape index (κ3) is 7.55. The predicted octanol–water partition coefficient (Wildman–Crippen LogP) is 5.92. The summed E-state index contributed by atoms with van der Waals surface area (Å²) in [6.07, 6.45) is 8.44. The Morgan fingerprint density at radius 3 is 2.41 bits per heavy atom. The summed E-state index contributed by atoms with van der Waals surface area (Å²) in [7, 11) is 0.300. The van der Waals surface area contributed by atoms with Crippen LogP contribution in [0.15, 0.2) is 30.3 Å². The normalized spacial score (nSPS) is 25.2. The molecule has 0 aromatic heterocycles. The van der Waals surface area contributed by atoms with Crippen LogP contribution in [0.4, 0.5) is 0 Å². The SMILES string of the molecule is BrC(Br)C1COOP(Oc2ccccc2)C1.C1CCPCC1. The number of para-hydroxylation sites is 1. The molecule has 22 heavy (non-hydrogen) atoms. The van der Waals surface area contributed by atoms with Gasteiger partial charge in [-0.3, -0.25) is 0 Å². The minimum absolute atomic E-state index is 0.230. The van der Waals surface area contributed by atoms with Crippen LogP contribution in [0.5, 0.6) is 5.75 Å². The van der Waals surface area contributed by atoms with Crippen molar-refractivity contribution >= 4 is 48.8 Å². The Morgan fingerprint density at radius 2 is 1.86 bits per heavy atom. The van der Waals surface area contributed by atoms with Gasteiger partial charge in [0.15, 0.2) is 0 Å². The average molecular weight is 472 g/mol. The van der Waals surface area contributed by atoms with E-state index in [2.05, 4.69) is 31.9 Å². The van der Waals surface area contributed by atoms with Gasteiger partial charge >= 0.3 is 0 Å². The predicted molar refractivity (Wildman–Crippen MR) is 103 cm³/mol. The summed E-state index contributed by atoms with van der Waals surface area (Å²) in [5.74, 6) is 1.18. The summed E-state index contributed by atoms with van der Waals surface area (Å²) in [5.41, 5.74) is 0. The van der Waals surface area contributed by atoms with E-state index in [1.54, 1.807) is 0 Å². The summed E-state index contributed by atoms with van der Waals surface area (Å²) in [6.45, 7) is 0.581. The highest BCUT2D eigenvalue weighted by Gasteiger charge is 2.30. The first-order valence-electron chi connectivity index (χ1n) is 7.54. The molecular weight excluding hydrogens is 450 g/mol. The van der Waals surface area contributed by atoms with Crippen LogP contribution in [0.3, 0.4) is 0 Å². The second-order valence-corrected chi connectivity index (χ2v) is 11.2. The molecule has 2 aliphatic heterocycles. The highest BCUT2D eigenvalue weighted by molar-refractivity contribution is 9.24. The minimum atomic E-state index is -1.00. The molecule has 3 nitrogen and oxygen atoms in total. The molecule has 0 spiro atoms. The molecule has 0 amide bonds. The van der Waals surface area contributed by atoms with Gasteiger partial charge in [0.05, 0.1) is 10.3 Å². The molecule has 2 fully saturated rings. The van der Waals surface area contributed by atoms with Gasteiger partial charge in [0, 0.05) is 12.1 Å². The van der Waals surface area contributed by atoms with Gasteiger partial charge in [-0.05, 0) is 37.3 Å². The van der Waals surface area contributed by atoms with Crippen molar-refractivity contribution in [3.8, 4) is 5.75 Å². The summed E-state index contributed by atoms with van der Waals surface area (Å²) in [4.78, 5) is 5.07. The summed E-state index contributed by atoms with van der Waals surface area (Å²) in [6, 6.07) is 9.65. The second-order valence-electron chi connectivity index (χ2n) is 5.18. The van der Waals surface area contributed by atoms with E-state index >= 15 is 0 Å². The van der Waals surface area contributed by atoms with Crippen molar-refractivity contribution in [2.75, 3.05) is 25.1 Å². The Kier molecular flexibility index (Phi) is 9.84. The Bertz CT molecular complexity index is 394. The molecule has 3 rings (SSSR count). The van der Waals surface area contributed by atoms with Gasteiger partial charge in [-0.1, -0.05) is 56.5 Å². The quantitative estimate of drug-likeness (QED) is 0.311. The van der Waals surface area contributed by atoms with Crippen molar-refractivity contribution in [1.29, 1.82) is 0 Å². The first-order chi connectivity index (χ1) is 10.8. The molecule has 1 aromatic carbocycles. The van der Waals surface area contributed by atoms with Crippen LogP contribution in [0.1, 0.15) is 19.3 Å². The Morgan fingerprint density at radius 1 is 1.14 bits per heavy atom. The molecule has 0 bridgehead atoms. The highest BCUT2D eigenvalue weighted by Crippen LogP contribution is 2.46. The molecule has 2 atom stereocenters. The Hall–Kier alpha value is 0.760. The van der Waals surface area contributed by atoms with Gasteiger partial charge in [-0.2, -0.15) is 4.67 Å². The van der Waals surface area contributed by atoms with Crippen LogP contribution < -0.4 is 4.52 Å². The van der Waals surface area contributed by atoms with E-state index in [-0.39, 0.29) is 3.74 Å². The fourth-order valence-electron chi connectivity index (χ4n) is 2.06. The fraction of sp³-hybridized carbons (Fsp3) is 0.600. The van der Waals surface area contributed by atoms with Crippen LogP contribution in [0, 0.1) is 5.92 Å². The van der Waals surface area contributed by atoms with Gasteiger partial charge in [0.2, 0.25) is 0 Å². The molecule has 2 saturated heterocycles. The van der Waals surface area contributed by atoms with E-state index < -0.39 is 8.38 Å². The van der Waals surface area contributed by atoms with Crippen molar-refractivity contribution in [3.63, 3.8) is 0 Å². The zero-order valence-corrected chi connectivity index (χ0v) is 17.5. The molecule has 0 aliphatic carbocycles. The topological polar surface area (TPSA) is 27.7 Å². The van der Waals surface area contributed by atoms with E-state index in [0.29, 0.717) is 12.5 Å². The maximum atomic E-state index is 5.71. The summed E-state index contributed by atoms with van der Waals surface area (Å²) >= 11 is 6.97. The average Bonchev–Trinajstić information content (AvgIpc) is 2.58. The van der Waals surface area contributed by atoms with Crippen molar-refractivity contribution in [2.24, 2.45) is 5.92 Å². The number of hydrogen-bond donors (Lipinski definition) is 0. The van der Waals surface area contributed by atoms with Gasteiger partial charge in [-0.25, -0.2) is 4.89 Å². The smallest absolute Gasteiger partial charge is 0.264 e. The van der Waals surface area contributed by atoms with Gasteiger partial charge in [-0.15, -0.1) is 8.58 Å². The molecule has 7 heteroatoms. The molecule has 124 valence electrons. The maximum Gasteiger partial charge on any atom is 0.264 e. The van der Waals surface area contributed by atoms with Gasteiger partial charge < -0.3 is 4.52 Å².